The van der Waals surface area contributed by atoms with Gasteiger partial charge in [0.25, 0.3) is 0 Å². The number of piperazine rings is 1. The van der Waals surface area contributed by atoms with E-state index in [1.54, 1.807) is 6.07 Å². The highest BCUT2D eigenvalue weighted by Gasteiger charge is 2.28. The van der Waals surface area contributed by atoms with E-state index >= 15 is 0 Å². The number of carbonyl (C=O) groups excluding carboxylic acids is 1. The first-order valence-electron chi connectivity index (χ1n) is 9.55. The summed E-state index contributed by atoms with van der Waals surface area (Å²) in [5.74, 6) is 0.362. The molecule has 29 heavy (non-hydrogen) atoms. The lowest BCUT2D eigenvalue weighted by Gasteiger charge is -2.35. The van der Waals surface area contributed by atoms with Gasteiger partial charge >= 0.3 is 6.16 Å². The highest BCUT2D eigenvalue weighted by atomic mass is 35.5. The van der Waals surface area contributed by atoms with Crippen LogP contribution in [-0.4, -0.2) is 64.7 Å². The molecule has 0 spiro atoms. The largest absolute Gasteiger partial charge is 0.511 e. The number of nitrogens with zero attached hydrogens (tertiary/aromatic N) is 4. The summed E-state index contributed by atoms with van der Waals surface area (Å²) in [6.07, 6.45) is 3.20. The van der Waals surface area contributed by atoms with Crippen LogP contribution in [0.5, 0.6) is 5.75 Å². The quantitative estimate of drug-likeness (QED) is 0.559. The van der Waals surface area contributed by atoms with E-state index in [9.17, 15) is 14.4 Å². The van der Waals surface area contributed by atoms with Gasteiger partial charge in [0.15, 0.2) is 5.75 Å². The second kappa shape index (κ2) is 8.00. The van der Waals surface area contributed by atoms with Gasteiger partial charge < -0.3 is 24.1 Å². The van der Waals surface area contributed by atoms with Crippen molar-refractivity contribution in [1.29, 1.82) is 0 Å². The minimum Gasteiger partial charge on any atom is -0.449 e. The normalized spacial score (nSPS) is 17.5. The Morgan fingerprint density at radius 3 is 2.66 bits per heavy atom. The molecule has 1 N–H and O–H groups in total. The summed E-state index contributed by atoms with van der Waals surface area (Å²) in [6.45, 7) is 3.76. The Morgan fingerprint density at radius 1 is 1.31 bits per heavy atom. The highest BCUT2D eigenvalue weighted by Crippen LogP contribution is 2.38. The van der Waals surface area contributed by atoms with E-state index in [-0.39, 0.29) is 17.2 Å². The lowest BCUT2D eigenvalue weighted by molar-refractivity contribution is -0.108. The molecular formula is C19H21ClN4O5. The fraction of sp³-hybridized carbons (Fsp3) is 0.474. The summed E-state index contributed by atoms with van der Waals surface area (Å²) >= 11 is 6.46. The Kier molecular flexibility index (Phi) is 5.42. The Balaban J connectivity index is 1.69. The van der Waals surface area contributed by atoms with Crippen molar-refractivity contribution in [2.24, 2.45) is 0 Å². The van der Waals surface area contributed by atoms with Crippen LogP contribution >= 0.6 is 11.6 Å². The third-order valence-electron chi connectivity index (χ3n) is 5.28. The van der Waals surface area contributed by atoms with Crippen LogP contribution in [0.4, 0.5) is 10.6 Å². The molecule has 0 aromatic carbocycles. The number of anilines is 1. The van der Waals surface area contributed by atoms with E-state index in [2.05, 4.69) is 14.5 Å². The van der Waals surface area contributed by atoms with Crippen molar-refractivity contribution in [2.75, 3.05) is 37.6 Å². The molecule has 2 fully saturated rings. The van der Waals surface area contributed by atoms with Gasteiger partial charge in [0.1, 0.15) is 17.8 Å². The van der Waals surface area contributed by atoms with Crippen LogP contribution in [0.3, 0.4) is 0 Å². The van der Waals surface area contributed by atoms with E-state index in [4.69, 9.17) is 21.7 Å². The fourth-order valence-corrected chi connectivity index (χ4v) is 3.92. The van der Waals surface area contributed by atoms with Crippen LogP contribution in [0.2, 0.25) is 5.02 Å². The van der Waals surface area contributed by atoms with Crippen LogP contribution in [0.25, 0.3) is 11.0 Å². The number of ether oxygens (including phenoxy) is 1. The van der Waals surface area contributed by atoms with Gasteiger partial charge in [-0.25, -0.2) is 9.78 Å². The third-order valence-corrected chi connectivity index (χ3v) is 5.56. The maximum absolute atomic E-state index is 12.7. The van der Waals surface area contributed by atoms with Crippen LogP contribution in [0, 0.1) is 0 Å². The van der Waals surface area contributed by atoms with Gasteiger partial charge in [-0.1, -0.05) is 11.6 Å². The van der Waals surface area contributed by atoms with Crippen molar-refractivity contribution in [3.63, 3.8) is 0 Å². The van der Waals surface area contributed by atoms with Gasteiger partial charge in [0.05, 0.1) is 16.6 Å². The van der Waals surface area contributed by atoms with Gasteiger partial charge in [-0.2, -0.15) is 0 Å². The minimum absolute atomic E-state index is 0.163. The molecule has 1 saturated heterocycles. The molecular weight excluding hydrogens is 400 g/mol. The highest BCUT2D eigenvalue weighted by molar-refractivity contribution is 6.33. The van der Waals surface area contributed by atoms with Gasteiger partial charge in [-0.3, -0.25) is 9.69 Å². The number of hydrogen-bond acceptors (Lipinski definition) is 7. The maximum atomic E-state index is 12.7. The smallest absolute Gasteiger partial charge is 0.449 e. The molecule has 3 heterocycles. The number of carbonyl (C=O) groups is 2. The van der Waals surface area contributed by atoms with Gasteiger partial charge in [-0.05, 0) is 18.9 Å². The average molecular weight is 421 g/mol. The van der Waals surface area contributed by atoms with Crippen LogP contribution in [-0.2, 0) is 4.79 Å². The maximum Gasteiger partial charge on any atom is 0.511 e. The molecule has 154 valence electrons. The number of carboxylic acid groups (broad SMARTS) is 1. The van der Waals surface area contributed by atoms with Crippen molar-refractivity contribution in [2.45, 2.75) is 25.3 Å². The molecule has 9 nitrogen and oxygen atoms in total. The molecule has 10 heteroatoms. The molecule has 1 saturated carbocycles. The average Bonchev–Trinajstić information content (AvgIpc) is 3.54. The SMILES string of the molecule is O=CCCN1CCN(c2nc3c(cc2Cl)c(=O)c(OC(=O)O)cn3C2CC2)CC1. The molecule has 0 unspecified atom stereocenters. The number of halogens is 1. The number of fused-ring (bicyclic) bond motifs is 1. The molecule has 0 atom stereocenters. The summed E-state index contributed by atoms with van der Waals surface area (Å²) in [5.41, 5.74) is -0.0584. The van der Waals surface area contributed by atoms with Crippen molar-refractivity contribution < 1.29 is 19.4 Å². The number of rotatable bonds is 6. The first kappa shape index (κ1) is 19.7. The van der Waals surface area contributed by atoms with Crippen LogP contribution < -0.4 is 15.1 Å². The molecule has 1 aliphatic heterocycles. The Morgan fingerprint density at radius 2 is 2.03 bits per heavy atom. The molecule has 0 radical (unpaired) electrons. The first-order valence-corrected chi connectivity index (χ1v) is 9.93. The number of hydrogen-bond donors (Lipinski definition) is 1. The molecule has 4 rings (SSSR count). The standard InChI is InChI=1S/C19H21ClN4O5/c20-14-10-13-16(26)15(29-19(27)28)11-24(12-2-3-12)17(13)21-18(14)23-7-5-22(6-8-23)4-1-9-25/h9-12H,1-8H2,(H,27,28). The lowest BCUT2D eigenvalue weighted by Crippen LogP contribution is -2.47. The molecule has 0 amide bonds. The molecule has 1 aliphatic carbocycles. The van der Waals surface area contributed by atoms with Crippen molar-refractivity contribution in [3.05, 3.63) is 27.5 Å². The zero-order valence-electron chi connectivity index (χ0n) is 15.7. The van der Waals surface area contributed by atoms with E-state index in [0.717, 1.165) is 38.8 Å². The summed E-state index contributed by atoms with van der Waals surface area (Å²) in [7, 11) is 0. The minimum atomic E-state index is -1.54. The first-order chi connectivity index (χ1) is 14.0. The monoisotopic (exact) mass is 420 g/mol. The van der Waals surface area contributed by atoms with E-state index < -0.39 is 11.6 Å². The zero-order chi connectivity index (χ0) is 20.5. The zero-order valence-corrected chi connectivity index (χ0v) is 16.5. The summed E-state index contributed by atoms with van der Waals surface area (Å²) in [4.78, 5) is 43.2. The van der Waals surface area contributed by atoms with Gasteiger partial charge in [-0.15, -0.1) is 0 Å². The van der Waals surface area contributed by atoms with Crippen LogP contribution in [0.1, 0.15) is 25.3 Å². The van der Waals surface area contributed by atoms with Crippen LogP contribution in [0.15, 0.2) is 17.1 Å². The molecule has 2 aliphatic rings. The molecule has 2 aromatic heterocycles. The Hall–Kier alpha value is -2.65. The second-order valence-electron chi connectivity index (χ2n) is 7.28. The van der Waals surface area contributed by atoms with E-state index in [0.29, 0.717) is 36.0 Å². The fourth-order valence-electron chi connectivity index (χ4n) is 3.65. The Bertz CT molecular complexity index is 1010. The number of aldehydes is 1. The predicted molar refractivity (Wildman–Crippen MR) is 107 cm³/mol. The van der Waals surface area contributed by atoms with Gasteiger partial charge in [0, 0.05) is 45.2 Å². The van der Waals surface area contributed by atoms with Crippen molar-refractivity contribution in [3.8, 4) is 5.75 Å². The van der Waals surface area contributed by atoms with Crippen molar-refractivity contribution in [1.82, 2.24) is 14.5 Å². The van der Waals surface area contributed by atoms with Gasteiger partial charge in [0.2, 0.25) is 5.43 Å². The van der Waals surface area contributed by atoms with E-state index in [1.165, 1.54) is 6.20 Å². The third kappa shape index (κ3) is 4.06. The molecule has 2 aromatic rings. The lowest BCUT2D eigenvalue weighted by atomic mass is 10.2. The topological polar surface area (TPSA) is 105 Å². The summed E-state index contributed by atoms with van der Waals surface area (Å²) < 4.78 is 6.49. The summed E-state index contributed by atoms with van der Waals surface area (Å²) in [5, 5.41) is 9.49. The predicted octanol–water partition coefficient (Wildman–Crippen LogP) is 2.15. The second-order valence-corrected chi connectivity index (χ2v) is 7.69. The molecule has 0 bridgehead atoms. The number of pyridine rings is 2. The van der Waals surface area contributed by atoms with E-state index in [1.807, 2.05) is 4.57 Å². The summed E-state index contributed by atoms with van der Waals surface area (Å²) in [6, 6.07) is 1.71. The van der Waals surface area contributed by atoms with Crippen molar-refractivity contribution >= 4 is 40.9 Å². The number of aromatic nitrogens is 2. The Labute approximate surface area is 171 Å².